The van der Waals surface area contributed by atoms with Crippen LogP contribution in [0.4, 0.5) is 0 Å². The molecule has 3 aliphatic rings. The molecule has 0 bridgehead atoms. The Morgan fingerprint density at radius 1 is 0.519 bits per heavy atom. The Morgan fingerprint density at radius 2 is 0.926 bits per heavy atom. The van der Waals surface area contributed by atoms with Crippen LogP contribution >= 0.6 is 0 Å². The van der Waals surface area contributed by atoms with E-state index in [1.54, 1.807) is 44.5 Å². The molecule has 2 aromatic carbocycles. The second-order valence-corrected chi connectivity index (χ2v) is 10.1. The van der Waals surface area contributed by atoms with Gasteiger partial charge >= 0.3 is 0 Å². The van der Waals surface area contributed by atoms with E-state index in [2.05, 4.69) is 38.1 Å². The normalized spacial score (nSPS) is 21.0. The fraction of sp³-hybridized carbons (Fsp3) is 0.556. The zero-order valence-corrected chi connectivity index (χ0v) is 17.3. The van der Waals surface area contributed by atoms with Gasteiger partial charge in [0.2, 0.25) is 0 Å². The summed E-state index contributed by atoms with van der Waals surface area (Å²) in [6.45, 7) is 4.96. The summed E-state index contributed by atoms with van der Waals surface area (Å²) < 4.78 is 0. The van der Waals surface area contributed by atoms with E-state index in [1.165, 1.54) is 77.0 Å². The molecule has 0 spiro atoms. The SMILES string of the molecule is CC1(C)CCc2ccc3c(c2-c2c(ccc4c2CCCC4)CC1)CCCC3. The number of aryl methyl sites for hydroxylation is 4. The highest BCUT2D eigenvalue weighted by atomic mass is 14.3. The van der Waals surface area contributed by atoms with Crippen molar-refractivity contribution in [2.75, 3.05) is 0 Å². The summed E-state index contributed by atoms with van der Waals surface area (Å²) in [4.78, 5) is 0. The fourth-order valence-corrected chi connectivity index (χ4v) is 5.86. The van der Waals surface area contributed by atoms with Gasteiger partial charge in [0.25, 0.3) is 0 Å². The topological polar surface area (TPSA) is 0 Å². The Kier molecular flexibility index (Phi) is 4.42. The molecule has 0 radical (unpaired) electrons. The molecule has 0 heteroatoms. The lowest BCUT2D eigenvalue weighted by atomic mass is 9.77. The minimum absolute atomic E-state index is 0.435. The molecule has 0 atom stereocenters. The highest BCUT2D eigenvalue weighted by molar-refractivity contribution is 5.80. The molecule has 0 aromatic heterocycles. The summed E-state index contributed by atoms with van der Waals surface area (Å²) in [5, 5.41) is 0. The van der Waals surface area contributed by atoms with Crippen LogP contribution in [0.25, 0.3) is 11.1 Å². The van der Waals surface area contributed by atoms with Crippen LogP contribution in [0.2, 0.25) is 0 Å². The van der Waals surface area contributed by atoms with Gasteiger partial charge in [-0.1, -0.05) is 38.1 Å². The van der Waals surface area contributed by atoms with Gasteiger partial charge in [-0.3, -0.25) is 0 Å². The van der Waals surface area contributed by atoms with Crippen molar-refractivity contribution >= 4 is 0 Å². The van der Waals surface area contributed by atoms with Crippen LogP contribution in [-0.2, 0) is 38.5 Å². The Balaban J connectivity index is 1.80. The Labute approximate surface area is 165 Å². The molecule has 0 nitrogen and oxygen atoms in total. The molecule has 0 fully saturated rings. The fourth-order valence-electron chi connectivity index (χ4n) is 5.86. The first-order chi connectivity index (χ1) is 13.1. The molecule has 0 heterocycles. The molecule has 142 valence electrons. The van der Waals surface area contributed by atoms with Crippen molar-refractivity contribution in [3.8, 4) is 11.1 Å². The van der Waals surface area contributed by atoms with Gasteiger partial charge in [-0.05, 0) is 127 Å². The van der Waals surface area contributed by atoms with Crippen molar-refractivity contribution in [1.29, 1.82) is 0 Å². The summed E-state index contributed by atoms with van der Waals surface area (Å²) in [6, 6.07) is 9.97. The van der Waals surface area contributed by atoms with E-state index in [1.807, 2.05) is 0 Å². The summed E-state index contributed by atoms with van der Waals surface area (Å²) in [5.74, 6) is 0. The molecular formula is C27H34. The van der Waals surface area contributed by atoms with Gasteiger partial charge in [-0.15, -0.1) is 0 Å². The summed E-state index contributed by atoms with van der Waals surface area (Å²) in [5.41, 5.74) is 13.9. The molecule has 0 saturated carbocycles. The van der Waals surface area contributed by atoms with Crippen molar-refractivity contribution in [3.63, 3.8) is 0 Å². The zero-order valence-electron chi connectivity index (χ0n) is 17.3. The number of benzene rings is 2. The van der Waals surface area contributed by atoms with Gasteiger partial charge < -0.3 is 0 Å². The molecule has 0 amide bonds. The predicted octanol–water partition coefficient (Wildman–Crippen LogP) is 7.02. The first kappa shape index (κ1) is 17.5. The predicted molar refractivity (Wildman–Crippen MR) is 116 cm³/mol. The summed E-state index contributed by atoms with van der Waals surface area (Å²) >= 11 is 0. The van der Waals surface area contributed by atoms with Crippen molar-refractivity contribution in [1.82, 2.24) is 0 Å². The van der Waals surface area contributed by atoms with Gasteiger partial charge in [-0.25, -0.2) is 0 Å². The van der Waals surface area contributed by atoms with Crippen LogP contribution in [0.15, 0.2) is 24.3 Å². The Bertz CT molecular complexity index is 797. The molecule has 0 N–H and O–H groups in total. The van der Waals surface area contributed by atoms with Crippen molar-refractivity contribution in [2.24, 2.45) is 5.41 Å². The van der Waals surface area contributed by atoms with Crippen molar-refractivity contribution in [3.05, 3.63) is 57.6 Å². The largest absolute Gasteiger partial charge is 0.0599 e. The molecule has 2 aromatic rings. The third-order valence-corrected chi connectivity index (χ3v) is 7.63. The van der Waals surface area contributed by atoms with E-state index in [9.17, 15) is 0 Å². The third kappa shape index (κ3) is 3.16. The quantitative estimate of drug-likeness (QED) is 0.475. The molecule has 0 aliphatic heterocycles. The molecule has 27 heavy (non-hydrogen) atoms. The standard InChI is InChI=1S/C27H34/c1-27(2)17-15-21-13-11-19-7-3-5-9-23(19)25(21)26-22(16-18-27)14-12-20-8-4-6-10-24(20)26/h11-14H,3-10,15-18H2,1-2H3. The lowest BCUT2D eigenvalue weighted by molar-refractivity contribution is 0.309. The van der Waals surface area contributed by atoms with Crippen LogP contribution in [0.3, 0.4) is 0 Å². The highest BCUT2D eigenvalue weighted by Crippen LogP contribution is 2.44. The molecule has 5 rings (SSSR count). The first-order valence-electron chi connectivity index (χ1n) is 11.4. The third-order valence-electron chi connectivity index (χ3n) is 7.63. The van der Waals surface area contributed by atoms with E-state index in [4.69, 9.17) is 0 Å². The van der Waals surface area contributed by atoms with Crippen LogP contribution in [0, 0.1) is 5.41 Å². The Morgan fingerprint density at radius 3 is 1.41 bits per heavy atom. The highest BCUT2D eigenvalue weighted by Gasteiger charge is 2.28. The molecule has 0 saturated heterocycles. The maximum atomic E-state index is 2.51. The first-order valence-corrected chi connectivity index (χ1v) is 11.4. The molecular weight excluding hydrogens is 324 g/mol. The number of fused-ring (bicyclic) bond motifs is 7. The van der Waals surface area contributed by atoms with Gasteiger partial charge in [0, 0.05) is 0 Å². The van der Waals surface area contributed by atoms with Crippen molar-refractivity contribution in [2.45, 2.75) is 90.9 Å². The van der Waals surface area contributed by atoms with E-state index in [0.29, 0.717) is 5.41 Å². The average Bonchev–Trinajstić information content (AvgIpc) is 2.75. The lowest BCUT2D eigenvalue weighted by Gasteiger charge is -2.28. The minimum Gasteiger partial charge on any atom is -0.0599 e. The van der Waals surface area contributed by atoms with Gasteiger partial charge in [0.15, 0.2) is 0 Å². The van der Waals surface area contributed by atoms with Crippen LogP contribution in [0.5, 0.6) is 0 Å². The lowest BCUT2D eigenvalue weighted by Crippen LogP contribution is -2.13. The second-order valence-electron chi connectivity index (χ2n) is 10.1. The van der Waals surface area contributed by atoms with Gasteiger partial charge in [-0.2, -0.15) is 0 Å². The van der Waals surface area contributed by atoms with Crippen LogP contribution in [-0.4, -0.2) is 0 Å². The van der Waals surface area contributed by atoms with E-state index < -0.39 is 0 Å². The smallest absolute Gasteiger partial charge is 0.0111 e. The number of hydrogen-bond acceptors (Lipinski definition) is 0. The summed E-state index contributed by atoms with van der Waals surface area (Å²) in [6.07, 6.45) is 15.8. The van der Waals surface area contributed by atoms with Crippen LogP contribution < -0.4 is 0 Å². The van der Waals surface area contributed by atoms with Gasteiger partial charge in [0.1, 0.15) is 0 Å². The minimum atomic E-state index is 0.435. The van der Waals surface area contributed by atoms with E-state index in [0.717, 1.165) is 0 Å². The second kappa shape index (κ2) is 6.80. The van der Waals surface area contributed by atoms with E-state index >= 15 is 0 Å². The Hall–Kier alpha value is -1.56. The summed E-state index contributed by atoms with van der Waals surface area (Å²) in [7, 11) is 0. The number of rotatable bonds is 0. The monoisotopic (exact) mass is 358 g/mol. The van der Waals surface area contributed by atoms with Crippen molar-refractivity contribution < 1.29 is 0 Å². The average molecular weight is 359 g/mol. The molecule has 0 unspecified atom stereocenters. The maximum absolute atomic E-state index is 2.51. The maximum Gasteiger partial charge on any atom is -0.0111 e. The van der Waals surface area contributed by atoms with Gasteiger partial charge in [0.05, 0.1) is 0 Å². The van der Waals surface area contributed by atoms with E-state index in [-0.39, 0.29) is 0 Å². The number of hydrogen-bond donors (Lipinski definition) is 0. The molecule has 3 aliphatic carbocycles. The van der Waals surface area contributed by atoms with Crippen LogP contribution in [0.1, 0.15) is 85.8 Å². The zero-order chi connectivity index (χ0) is 18.4.